The van der Waals surface area contributed by atoms with Crippen molar-refractivity contribution in [3.63, 3.8) is 0 Å². The minimum atomic E-state index is -4.73. The van der Waals surface area contributed by atoms with Gasteiger partial charge in [-0.1, -0.05) is 0 Å². The fraction of sp³-hybridized carbons (Fsp3) is 0.900. The van der Waals surface area contributed by atoms with Crippen molar-refractivity contribution in [2.45, 2.75) is 38.0 Å². The van der Waals surface area contributed by atoms with Crippen LogP contribution >= 0.6 is 0 Å². The van der Waals surface area contributed by atoms with Crippen molar-refractivity contribution >= 4 is 5.97 Å². The topological polar surface area (TPSA) is 57.5 Å². The van der Waals surface area contributed by atoms with Gasteiger partial charge >= 0.3 is 12.1 Å². The van der Waals surface area contributed by atoms with Crippen LogP contribution in [0.3, 0.4) is 0 Å². The van der Waals surface area contributed by atoms with Crippen LogP contribution in [0, 0.1) is 17.3 Å². The number of aliphatic carboxylic acids is 1. The molecule has 2 saturated carbocycles. The maximum Gasteiger partial charge on any atom is 0.414 e. The Bertz CT molecular complexity index is 303. The van der Waals surface area contributed by atoms with Crippen molar-refractivity contribution in [1.29, 1.82) is 0 Å². The summed E-state index contributed by atoms with van der Waals surface area (Å²) >= 11 is 0. The first-order valence-corrected chi connectivity index (χ1v) is 5.23. The second kappa shape index (κ2) is 3.35. The van der Waals surface area contributed by atoms with Crippen LogP contribution in [0.25, 0.3) is 0 Å². The zero-order valence-electron chi connectivity index (χ0n) is 8.50. The molecular weight excluding hydrogens is 225 g/mol. The van der Waals surface area contributed by atoms with E-state index in [-0.39, 0.29) is 24.7 Å². The largest absolute Gasteiger partial charge is 0.481 e. The number of hydrogen-bond donors (Lipinski definition) is 2. The fourth-order valence-electron chi connectivity index (χ4n) is 2.81. The van der Waals surface area contributed by atoms with E-state index in [2.05, 4.69) is 0 Å². The third-order valence-electron chi connectivity index (χ3n) is 3.79. The molecule has 0 aromatic carbocycles. The molecule has 0 aromatic rings. The normalized spacial score (nSPS) is 39.2. The van der Waals surface area contributed by atoms with Crippen molar-refractivity contribution in [3.05, 3.63) is 0 Å². The first-order valence-electron chi connectivity index (χ1n) is 5.23. The zero-order chi connectivity index (χ0) is 12.1. The van der Waals surface area contributed by atoms with E-state index in [1.165, 1.54) is 0 Å². The van der Waals surface area contributed by atoms with Gasteiger partial charge in [-0.2, -0.15) is 13.2 Å². The van der Waals surface area contributed by atoms with Gasteiger partial charge in [0.2, 0.25) is 0 Å². The second-order valence-corrected chi connectivity index (χ2v) is 5.01. The summed E-state index contributed by atoms with van der Waals surface area (Å²) in [6.45, 7) is 0. The molecule has 16 heavy (non-hydrogen) atoms. The monoisotopic (exact) mass is 238 g/mol. The van der Waals surface area contributed by atoms with Gasteiger partial charge in [0.25, 0.3) is 0 Å². The summed E-state index contributed by atoms with van der Waals surface area (Å²) in [5.41, 5.74) is -1.36. The van der Waals surface area contributed by atoms with E-state index in [4.69, 9.17) is 10.2 Å². The number of halogens is 3. The molecule has 2 N–H and O–H groups in total. The molecule has 2 fully saturated rings. The highest BCUT2D eigenvalue weighted by Gasteiger charge is 2.59. The molecule has 2 aliphatic carbocycles. The number of rotatable bonds is 3. The molecule has 6 heteroatoms. The van der Waals surface area contributed by atoms with Gasteiger partial charge < -0.3 is 10.2 Å². The van der Waals surface area contributed by atoms with E-state index in [0.717, 1.165) is 6.42 Å². The molecule has 2 aliphatic rings. The fourth-order valence-corrected chi connectivity index (χ4v) is 2.81. The van der Waals surface area contributed by atoms with Gasteiger partial charge in [0.15, 0.2) is 6.10 Å². The average Bonchev–Trinajstić information content (AvgIpc) is 2.72. The lowest BCUT2D eigenvalue weighted by atomic mass is 9.78. The minimum absolute atomic E-state index is 0.261. The van der Waals surface area contributed by atoms with Gasteiger partial charge in [0.1, 0.15) is 0 Å². The van der Waals surface area contributed by atoms with Crippen LogP contribution < -0.4 is 0 Å². The van der Waals surface area contributed by atoms with Crippen molar-refractivity contribution in [3.8, 4) is 0 Å². The molecule has 92 valence electrons. The Morgan fingerprint density at radius 3 is 2.25 bits per heavy atom. The maximum atomic E-state index is 12.2. The number of carbonyl (C=O) groups is 1. The van der Waals surface area contributed by atoms with Crippen LogP contribution in [0.15, 0.2) is 0 Å². The third-order valence-corrected chi connectivity index (χ3v) is 3.79. The molecule has 0 saturated heterocycles. The Morgan fingerprint density at radius 1 is 1.38 bits per heavy atom. The lowest BCUT2D eigenvalue weighted by Crippen LogP contribution is -2.39. The van der Waals surface area contributed by atoms with Crippen molar-refractivity contribution in [2.75, 3.05) is 0 Å². The van der Waals surface area contributed by atoms with E-state index in [0.29, 0.717) is 0 Å². The van der Waals surface area contributed by atoms with Crippen LogP contribution in [-0.2, 0) is 4.79 Å². The molecule has 3 unspecified atom stereocenters. The van der Waals surface area contributed by atoms with Crippen LogP contribution in [0.4, 0.5) is 13.2 Å². The van der Waals surface area contributed by atoms with E-state index in [9.17, 15) is 18.0 Å². The van der Waals surface area contributed by atoms with Crippen molar-refractivity contribution in [1.82, 2.24) is 0 Å². The van der Waals surface area contributed by atoms with Gasteiger partial charge in [-0.25, -0.2) is 0 Å². The number of hydrogen-bond acceptors (Lipinski definition) is 2. The molecule has 0 amide bonds. The smallest absolute Gasteiger partial charge is 0.414 e. The summed E-state index contributed by atoms with van der Waals surface area (Å²) < 4.78 is 36.6. The first kappa shape index (κ1) is 11.7. The van der Waals surface area contributed by atoms with Crippen LogP contribution in [0.5, 0.6) is 0 Å². The zero-order valence-corrected chi connectivity index (χ0v) is 8.50. The first-order chi connectivity index (χ1) is 7.24. The summed E-state index contributed by atoms with van der Waals surface area (Å²) in [5, 5.41) is 18.0. The molecular formula is C10H13F3O3. The van der Waals surface area contributed by atoms with Gasteiger partial charge in [0.05, 0.1) is 5.41 Å². The van der Waals surface area contributed by atoms with Gasteiger partial charge in [-0.05, 0) is 37.5 Å². The summed E-state index contributed by atoms with van der Waals surface area (Å²) in [6, 6.07) is 0. The number of fused-ring (bicyclic) bond motifs is 1. The Hall–Kier alpha value is -0.780. The third kappa shape index (κ3) is 1.90. The Balaban J connectivity index is 2.07. The molecule has 0 spiro atoms. The van der Waals surface area contributed by atoms with E-state index in [1.807, 2.05) is 0 Å². The molecule has 0 heterocycles. The maximum absolute atomic E-state index is 12.2. The van der Waals surface area contributed by atoms with E-state index >= 15 is 0 Å². The molecule has 3 atom stereocenters. The average molecular weight is 238 g/mol. The quantitative estimate of drug-likeness (QED) is 0.788. The predicted molar refractivity (Wildman–Crippen MR) is 47.6 cm³/mol. The summed E-state index contributed by atoms with van der Waals surface area (Å²) in [4.78, 5) is 11.1. The van der Waals surface area contributed by atoms with Gasteiger partial charge in [-0.3, -0.25) is 4.79 Å². The predicted octanol–water partition coefficient (Wildman–Crippen LogP) is 1.80. The molecule has 0 aromatic heterocycles. The molecule has 0 radical (unpaired) electrons. The van der Waals surface area contributed by atoms with E-state index < -0.39 is 30.1 Å². The van der Waals surface area contributed by atoms with Crippen LogP contribution in [-0.4, -0.2) is 28.5 Å². The highest BCUT2D eigenvalue weighted by Crippen LogP contribution is 2.61. The molecule has 0 aliphatic heterocycles. The summed E-state index contributed by atoms with van der Waals surface area (Å²) in [5.74, 6) is -0.684. The Morgan fingerprint density at radius 2 is 1.88 bits per heavy atom. The summed E-state index contributed by atoms with van der Waals surface area (Å²) in [6.07, 6.45) is -6.48. The standard InChI is InChI=1S/C10H13F3O3/c11-10(12,13)7(14)4-9(8(15)16)2-5-1-6(5)3-9/h5-7,14H,1-4H2,(H,15,16). The molecule has 2 rings (SSSR count). The van der Waals surface area contributed by atoms with Gasteiger partial charge in [-0.15, -0.1) is 0 Å². The summed E-state index contributed by atoms with van der Waals surface area (Å²) in [7, 11) is 0. The SMILES string of the molecule is O=C(O)C1(CC(O)C(F)(F)F)CC2CC2C1. The molecule has 0 bridgehead atoms. The number of carboxylic acids is 1. The minimum Gasteiger partial charge on any atom is -0.481 e. The Labute approximate surface area is 90.3 Å². The number of aliphatic hydroxyl groups excluding tert-OH is 1. The lowest BCUT2D eigenvalue weighted by Gasteiger charge is -2.29. The van der Waals surface area contributed by atoms with Crippen LogP contribution in [0.2, 0.25) is 0 Å². The van der Waals surface area contributed by atoms with Crippen molar-refractivity contribution in [2.24, 2.45) is 17.3 Å². The highest BCUT2D eigenvalue weighted by atomic mass is 19.4. The number of aliphatic hydroxyl groups is 1. The number of carboxylic acid groups (broad SMARTS) is 1. The Kier molecular flexibility index (Phi) is 2.45. The number of alkyl halides is 3. The molecule has 3 nitrogen and oxygen atoms in total. The van der Waals surface area contributed by atoms with E-state index in [1.54, 1.807) is 0 Å². The lowest BCUT2D eigenvalue weighted by molar-refractivity contribution is -0.214. The second-order valence-electron chi connectivity index (χ2n) is 5.01. The van der Waals surface area contributed by atoms with Crippen LogP contribution in [0.1, 0.15) is 25.7 Å². The van der Waals surface area contributed by atoms with Crippen molar-refractivity contribution < 1.29 is 28.2 Å². The highest BCUT2D eigenvalue weighted by molar-refractivity contribution is 5.75. The van der Waals surface area contributed by atoms with Gasteiger partial charge in [0, 0.05) is 0 Å².